The van der Waals surface area contributed by atoms with Crippen LogP contribution < -0.4 is 27.4 Å². The highest BCUT2D eigenvalue weighted by molar-refractivity contribution is 5.94. The van der Waals surface area contributed by atoms with Crippen molar-refractivity contribution in [1.29, 1.82) is 16.2 Å². The molecule has 0 unspecified atom stereocenters. The zero-order valence-corrected chi connectivity index (χ0v) is 17.0. The molecular formula is C21H34N8. The van der Waals surface area contributed by atoms with Gasteiger partial charge in [-0.3, -0.25) is 16.2 Å². The number of amidine groups is 1. The summed E-state index contributed by atoms with van der Waals surface area (Å²) in [6.45, 7) is 2.20. The Bertz CT molecular complexity index is 700. The van der Waals surface area contributed by atoms with Gasteiger partial charge in [-0.2, -0.15) is 0 Å². The Morgan fingerprint density at radius 1 is 0.759 bits per heavy atom. The van der Waals surface area contributed by atoms with Gasteiger partial charge in [0.2, 0.25) is 0 Å². The first kappa shape index (κ1) is 23.8. The molecule has 0 spiro atoms. The van der Waals surface area contributed by atoms with E-state index in [1.807, 2.05) is 12.1 Å². The van der Waals surface area contributed by atoms with Crippen LogP contribution in [-0.2, 0) is 0 Å². The highest BCUT2D eigenvalue weighted by atomic mass is 15.1. The van der Waals surface area contributed by atoms with Crippen molar-refractivity contribution in [2.45, 2.75) is 44.9 Å². The Morgan fingerprint density at radius 2 is 1.31 bits per heavy atom. The van der Waals surface area contributed by atoms with Crippen molar-refractivity contribution in [2.75, 3.05) is 19.6 Å². The Kier molecular flexibility index (Phi) is 12.2. The molecule has 0 bridgehead atoms. The summed E-state index contributed by atoms with van der Waals surface area (Å²) in [4.78, 5) is 0. The second-order valence-electron chi connectivity index (χ2n) is 6.73. The fourth-order valence-corrected chi connectivity index (χ4v) is 2.60. The highest BCUT2D eigenvalue weighted by Gasteiger charge is 1.96. The molecule has 1 aromatic carbocycles. The van der Waals surface area contributed by atoms with Crippen molar-refractivity contribution in [2.24, 2.45) is 11.5 Å². The average molecular weight is 399 g/mol. The van der Waals surface area contributed by atoms with Gasteiger partial charge in [-0.25, -0.2) is 0 Å². The van der Waals surface area contributed by atoms with Crippen LogP contribution in [0.1, 0.15) is 56.1 Å². The molecule has 0 saturated heterocycles. The summed E-state index contributed by atoms with van der Waals surface area (Å²) in [7, 11) is 0. The van der Waals surface area contributed by atoms with Crippen LogP contribution in [0.25, 0.3) is 0 Å². The number of unbranched alkanes of at least 4 members (excludes halogenated alkanes) is 5. The van der Waals surface area contributed by atoms with Crippen molar-refractivity contribution in [3.05, 3.63) is 35.4 Å². The van der Waals surface area contributed by atoms with Crippen molar-refractivity contribution >= 4 is 17.8 Å². The Hall–Kier alpha value is -3.21. The lowest BCUT2D eigenvalue weighted by molar-refractivity contribution is 0.583. The van der Waals surface area contributed by atoms with E-state index < -0.39 is 0 Å². The van der Waals surface area contributed by atoms with E-state index in [4.69, 9.17) is 27.7 Å². The van der Waals surface area contributed by atoms with Gasteiger partial charge in [-0.15, -0.1) is 0 Å². The fourth-order valence-electron chi connectivity index (χ4n) is 2.60. The van der Waals surface area contributed by atoms with Gasteiger partial charge in [0.15, 0.2) is 11.9 Å². The molecule has 0 aromatic heterocycles. The molecule has 0 amide bonds. The molecule has 10 N–H and O–H groups in total. The van der Waals surface area contributed by atoms with Gasteiger partial charge in [0.25, 0.3) is 0 Å². The predicted octanol–water partition coefficient (Wildman–Crippen LogP) is 1.65. The molecule has 0 fully saturated rings. The van der Waals surface area contributed by atoms with Crippen LogP contribution in [0.3, 0.4) is 0 Å². The van der Waals surface area contributed by atoms with Crippen LogP contribution in [0, 0.1) is 28.1 Å². The van der Waals surface area contributed by atoms with Gasteiger partial charge >= 0.3 is 0 Å². The molecule has 158 valence electrons. The molecule has 0 aliphatic carbocycles. The SMILES string of the molecule is N=C(N)NCCCCCCCCNC(=N)NCCC#Cc1ccc(C(=N)N)cc1. The molecule has 0 aliphatic heterocycles. The Morgan fingerprint density at radius 3 is 1.90 bits per heavy atom. The lowest BCUT2D eigenvalue weighted by atomic mass is 10.1. The molecule has 0 heterocycles. The summed E-state index contributed by atoms with van der Waals surface area (Å²) >= 11 is 0. The van der Waals surface area contributed by atoms with Gasteiger partial charge < -0.3 is 27.4 Å². The first-order chi connectivity index (χ1) is 14.0. The summed E-state index contributed by atoms with van der Waals surface area (Å²) in [5, 5.41) is 31.2. The quantitative estimate of drug-likeness (QED) is 0.116. The summed E-state index contributed by atoms with van der Waals surface area (Å²) in [6.07, 6.45) is 7.40. The maximum atomic E-state index is 7.84. The van der Waals surface area contributed by atoms with E-state index in [9.17, 15) is 0 Å². The fraction of sp³-hybridized carbons (Fsp3) is 0.476. The molecule has 0 saturated carbocycles. The van der Waals surface area contributed by atoms with Crippen LogP contribution in [0.2, 0.25) is 0 Å². The van der Waals surface area contributed by atoms with Crippen LogP contribution >= 0.6 is 0 Å². The zero-order chi connectivity index (χ0) is 21.3. The summed E-state index contributed by atoms with van der Waals surface area (Å²) in [6, 6.07) is 7.28. The molecule has 0 radical (unpaired) electrons. The minimum absolute atomic E-state index is 0.0413. The van der Waals surface area contributed by atoms with E-state index in [1.54, 1.807) is 12.1 Å². The molecule has 8 heteroatoms. The summed E-state index contributed by atoms with van der Waals surface area (Å²) < 4.78 is 0. The molecule has 0 atom stereocenters. The van der Waals surface area contributed by atoms with Gasteiger partial charge in [0.05, 0.1) is 0 Å². The van der Waals surface area contributed by atoms with Gasteiger partial charge in [-0.1, -0.05) is 49.7 Å². The third-order valence-corrected chi connectivity index (χ3v) is 4.20. The monoisotopic (exact) mass is 398 g/mol. The second kappa shape index (κ2) is 14.8. The number of hydrogen-bond donors (Lipinski definition) is 8. The topological polar surface area (TPSA) is 160 Å². The molecule has 0 aliphatic rings. The van der Waals surface area contributed by atoms with E-state index in [2.05, 4.69) is 27.8 Å². The molecule has 8 nitrogen and oxygen atoms in total. The van der Waals surface area contributed by atoms with Gasteiger partial charge in [0, 0.05) is 37.2 Å². The predicted molar refractivity (Wildman–Crippen MR) is 120 cm³/mol. The summed E-state index contributed by atoms with van der Waals surface area (Å²) in [5.74, 6) is 6.57. The third-order valence-electron chi connectivity index (χ3n) is 4.20. The lowest BCUT2D eigenvalue weighted by Gasteiger charge is -2.09. The van der Waals surface area contributed by atoms with Crippen LogP contribution in [0.4, 0.5) is 0 Å². The van der Waals surface area contributed by atoms with Crippen molar-refractivity contribution in [3.8, 4) is 11.8 Å². The number of benzene rings is 1. The van der Waals surface area contributed by atoms with Gasteiger partial charge in [-0.05, 0) is 25.0 Å². The van der Waals surface area contributed by atoms with Crippen LogP contribution in [0.5, 0.6) is 0 Å². The third kappa shape index (κ3) is 12.7. The van der Waals surface area contributed by atoms with Gasteiger partial charge in [0.1, 0.15) is 5.84 Å². The van der Waals surface area contributed by atoms with E-state index >= 15 is 0 Å². The number of hydrogen-bond acceptors (Lipinski definition) is 3. The molecule has 1 rings (SSSR count). The minimum Gasteiger partial charge on any atom is -0.384 e. The van der Waals surface area contributed by atoms with E-state index in [0.29, 0.717) is 24.5 Å². The maximum Gasteiger partial charge on any atom is 0.188 e. The van der Waals surface area contributed by atoms with Crippen molar-refractivity contribution in [1.82, 2.24) is 16.0 Å². The number of nitrogens with one attached hydrogen (secondary N) is 6. The minimum atomic E-state index is 0.0413. The number of nitrogen functional groups attached to an aromatic ring is 1. The van der Waals surface area contributed by atoms with Crippen LogP contribution in [-0.4, -0.2) is 37.4 Å². The zero-order valence-electron chi connectivity index (χ0n) is 17.0. The molecule has 29 heavy (non-hydrogen) atoms. The maximum absolute atomic E-state index is 7.84. The van der Waals surface area contributed by atoms with E-state index in [-0.39, 0.29) is 11.8 Å². The average Bonchev–Trinajstić information content (AvgIpc) is 2.69. The Labute approximate surface area is 173 Å². The number of rotatable bonds is 12. The first-order valence-electron chi connectivity index (χ1n) is 10.1. The highest BCUT2D eigenvalue weighted by Crippen LogP contribution is 2.04. The van der Waals surface area contributed by atoms with E-state index in [0.717, 1.165) is 44.3 Å². The standard InChI is InChI=1S/C21H34N8/c22-19(23)18-12-10-17(11-13-18)9-5-8-16-29-21(26)28-15-7-4-2-1-3-6-14-27-20(24)25/h10-13H,1-4,6-8,14-16H2,(H3,22,23)(H4,24,25,27)(H3,26,28,29). The number of guanidine groups is 2. The second-order valence-corrected chi connectivity index (χ2v) is 6.73. The molecule has 1 aromatic rings. The lowest BCUT2D eigenvalue weighted by Crippen LogP contribution is -2.37. The largest absolute Gasteiger partial charge is 0.384 e. The van der Waals surface area contributed by atoms with Crippen LogP contribution in [0.15, 0.2) is 24.3 Å². The Balaban J connectivity index is 1.98. The molecular weight excluding hydrogens is 364 g/mol. The number of nitrogens with two attached hydrogens (primary N) is 2. The van der Waals surface area contributed by atoms with Crippen molar-refractivity contribution < 1.29 is 0 Å². The summed E-state index contributed by atoms with van der Waals surface area (Å²) in [5.41, 5.74) is 12.2. The van der Waals surface area contributed by atoms with E-state index in [1.165, 1.54) is 12.8 Å². The normalized spacial score (nSPS) is 9.79. The first-order valence-corrected chi connectivity index (χ1v) is 10.1. The van der Waals surface area contributed by atoms with Crippen molar-refractivity contribution in [3.63, 3.8) is 0 Å². The smallest absolute Gasteiger partial charge is 0.188 e.